The summed E-state index contributed by atoms with van der Waals surface area (Å²) < 4.78 is 12.3. The Bertz CT molecular complexity index is 751. The number of Topliss-reactive ketones (excluding diaryl/α,β-unsaturated/α-hetero) is 1. The highest BCUT2D eigenvalue weighted by Gasteiger charge is 2.60. The van der Waals surface area contributed by atoms with Crippen molar-refractivity contribution in [2.45, 2.75) is 38.6 Å². The first kappa shape index (κ1) is 17.0. The van der Waals surface area contributed by atoms with Crippen LogP contribution in [-0.2, 0) is 20.9 Å². The summed E-state index contributed by atoms with van der Waals surface area (Å²) in [6, 6.07) is 0. The van der Waals surface area contributed by atoms with Crippen LogP contribution in [0.25, 0.3) is 0 Å². The van der Waals surface area contributed by atoms with Crippen molar-refractivity contribution in [2.24, 2.45) is 28.2 Å². The molecule has 4 bridgehead atoms. The number of amides is 1. The average molecular weight is 364 g/mol. The summed E-state index contributed by atoms with van der Waals surface area (Å²) in [5.41, 5.74) is -0.856. The molecule has 1 heterocycles. The van der Waals surface area contributed by atoms with Gasteiger partial charge in [0, 0.05) is 19.6 Å². The number of carbonyl (C=O) groups excluding carboxylic acids is 2. The number of thiazole rings is 1. The molecule has 6 nitrogen and oxygen atoms in total. The van der Waals surface area contributed by atoms with Gasteiger partial charge in [0.25, 0.3) is 5.91 Å². The normalized spacial score (nSPS) is 33.9. The Kier molecular flexibility index (Phi) is 4.32. The fraction of sp³-hybridized carbons (Fsp3) is 0.722. The van der Waals surface area contributed by atoms with Crippen molar-refractivity contribution < 1.29 is 19.1 Å². The molecule has 25 heavy (non-hydrogen) atoms. The quantitative estimate of drug-likeness (QED) is 0.750. The zero-order chi connectivity index (χ0) is 17.6. The first-order chi connectivity index (χ1) is 12.1. The maximum atomic E-state index is 13.1. The largest absolute Gasteiger partial charge is 0.486 e. The maximum absolute atomic E-state index is 13.1. The summed E-state index contributed by atoms with van der Waals surface area (Å²) in [6.07, 6.45) is 6.36. The Morgan fingerprint density at radius 1 is 1.32 bits per heavy atom. The van der Waals surface area contributed by atoms with E-state index in [0.717, 1.165) is 12.8 Å². The van der Waals surface area contributed by atoms with Gasteiger partial charge in [0.1, 0.15) is 5.41 Å². The Labute approximate surface area is 150 Å². The average Bonchev–Trinajstić information content (AvgIpc) is 2.98. The Morgan fingerprint density at radius 2 is 2.04 bits per heavy atom. The number of aromatic nitrogens is 1. The lowest BCUT2D eigenvalue weighted by atomic mass is 9.48. The van der Waals surface area contributed by atoms with Crippen LogP contribution in [0.15, 0.2) is 11.2 Å². The molecule has 2 unspecified atom stereocenters. The molecule has 4 fully saturated rings. The Balaban J connectivity index is 1.68. The molecule has 5 rings (SSSR count). The van der Waals surface area contributed by atoms with Crippen LogP contribution in [-0.4, -0.2) is 37.1 Å². The standard InChI is InChI=1S/C18H24N2O4S/c1-23-4-3-20-10-14(24-2)25-17(20)19-16(22)18-8-11-5-12(9-18)7-13(6-11)15(18)21/h10-13H,3-9H2,1-2H3/b19-17-. The lowest BCUT2D eigenvalue weighted by molar-refractivity contribution is -0.160. The predicted octanol–water partition coefficient (Wildman–Crippen LogP) is 2.03. The fourth-order valence-corrected chi connectivity index (χ4v) is 5.97. The number of rotatable bonds is 5. The smallest absolute Gasteiger partial charge is 0.262 e. The van der Waals surface area contributed by atoms with Gasteiger partial charge in [0.2, 0.25) is 0 Å². The van der Waals surface area contributed by atoms with Crippen molar-refractivity contribution in [3.63, 3.8) is 0 Å². The molecule has 0 spiro atoms. The van der Waals surface area contributed by atoms with E-state index < -0.39 is 5.41 Å². The van der Waals surface area contributed by atoms with Crippen molar-refractivity contribution in [1.29, 1.82) is 0 Å². The van der Waals surface area contributed by atoms with E-state index in [9.17, 15) is 9.59 Å². The number of hydrogen-bond donors (Lipinski definition) is 0. The number of ketones is 1. The van der Waals surface area contributed by atoms with Crippen molar-refractivity contribution >= 4 is 23.0 Å². The molecular weight excluding hydrogens is 340 g/mol. The highest BCUT2D eigenvalue weighted by molar-refractivity contribution is 7.11. The molecule has 0 N–H and O–H groups in total. The van der Waals surface area contributed by atoms with Crippen molar-refractivity contribution in [3.8, 4) is 5.06 Å². The maximum Gasteiger partial charge on any atom is 0.262 e. The van der Waals surface area contributed by atoms with E-state index in [1.165, 1.54) is 17.8 Å². The van der Waals surface area contributed by atoms with Crippen molar-refractivity contribution in [1.82, 2.24) is 4.57 Å². The van der Waals surface area contributed by atoms with Crippen LogP contribution in [0, 0.1) is 23.2 Å². The van der Waals surface area contributed by atoms with Crippen LogP contribution in [0.3, 0.4) is 0 Å². The van der Waals surface area contributed by atoms with E-state index in [1.807, 2.05) is 10.8 Å². The van der Waals surface area contributed by atoms with Gasteiger partial charge in [0.05, 0.1) is 19.9 Å². The van der Waals surface area contributed by atoms with Gasteiger partial charge in [-0.1, -0.05) is 11.3 Å². The third-order valence-electron chi connectivity index (χ3n) is 6.06. The van der Waals surface area contributed by atoms with E-state index in [-0.39, 0.29) is 17.6 Å². The van der Waals surface area contributed by atoms with Gasteiger partial charge in [0.15, 0.2) is 15.6 Å². The summed E-state index contributed by atoms with van der Waals surface area (Å²) in [5.74, 6) is 1.04. The third-order valence-corrected chi connectivity index (χ3v) is 7.04. The van der Waals surface area contributed by atoms with Crippen LogP contribution in [0.5, 0.6) is 5.06 Å². The van der Waals surface area contributed by atoms with Gasteiger partial charge in [-0.05, 0) is 43.9 Å². The summed E-state index contributed by atoms with van der Waals surface area (Å²) in [6.45, 7) is 1.12. The van der Waals surface area contributed by atoms with Crippen LogP contribution in [0.1, 0.15) is 32.1 Å². The van der Waals surface area contributed by atoms with Gasteiger partial charge < -0.3 is 14.0 Å². The summed E-state index contributed by atoms with van der Waals surface area (Å²) in [7, 11) is 3.24. The van der Waals surface area contributed by atoms with Crippen molar-refractivity contribution in [2.75, 3.05) is 20.8 Å². The zero-order valence-corrected chi connectivity index (χ0v) is 15.5. The second-order valence-electron chi connectivity index (χ2n) is 7.63. The minimum atomic E-state index is -0.856. The zero-order valence-electron chi connectivity index (χ0n) is 14.7. The first-order valence-corrected chi connectivity index (χ1v) is 9.74. The highest BCUT2D eigenvalue weighted by Crippen LogP contribution is 2.58. The summed E-state index contributed by atoms with van der Waals surface area (Å²) in [4.78, 5) is 31.0. The van der Waals surface area contributed by atoms with Gasteiger partial charge in [-0.15, -0.1) is 0 Å². The second kappa shape index (κ2) is 6.36. The SMILES string of the molecule is COCCn1cc(OC)s/c1=N\C(=O)C12CC3CC(CC(C3)C1=O)C2. The fourth-order valence-electron chi connectivity index (χ4n) is 5.14. The lowest BCUT2D eigenvalue weighted by Crippen LogP contribution is -2.56. The van der Waals surface area contributed by atoms with E-state index in [1.54, 1.807) is 14.2 Å². The van der Waals surface area contributed by atoms with Crippen LogP contribution in [0.4, 0.5) is 0 Å². The van der Waals surface area contributed by atoms with E-state index >= 15 is 0 Å². The predicted molar refractivity (Wildman–Crippen MR) is 92.3 cm³/mol. The third kappa shape index (κ3) is 2.77. The molecule has 1 aromatic rings. The summed E-state index contributed by atoms with van der Waals surface area (Å²) in [5, 5.41) is 0.694. The Hall–Kier alpha value is -1.47. The molecule has 0 aromatic carbocycles. The highest BCUT2D eigenvalue weighted by atomic mass is 32.1. The molecule has 7 heteroatoms. The molecule has 0 aliphatic heterocycles. The molecule has 4 aliphatic rings. The summed E-state index contributed by atoms with van der Waals surface area (Å²) >= 11 is 1.33. The molecular formula is C18H24N2O4S. The number of ether oxygens (including phenoxy) is 2. The molecule has 2 atom stereocenters. The van der Waals surface area contributed by atoms with Crippen LogP contribution >= 0.6 is 11.3 Å². The molecule has 0 saturated heterocycles. The van der Waals surface area contributed by atoms with E-state index in [2.05, 4.69) is 4.99 Å². The minimum absolute atomic E-state index is 0.0869. The van der Waals surface area contributed by atoms with Gasteiger partial charge in [-0.2, -0.15) is 4.99 Å². The monoisotopic (exact) mass is 364 g/mol. The Morgan fingerprint density at radius 3 is 2.68 bits per heavy atom. The molecule has 1 aromatic heterocycles. The van der Waals surface area contributed by atoms with E-state index in [4.69, 9.17) is 9.47 Å². The molecule has 0 radical (unpaired) electrons. The van der Waals surface area contributed by atoms with Crippen LogP contribution < -0.4 is 9.54 Å². The van der Waals surface area contributed by atoms with Gasteiger partial charge in [-0.25, -0.2) is 0 Å². The number of nitrogens with zero attached hydrogens (tertiary/aromatic N) is 2. The molecule has 4 aliphatic carbocycles. The molecule has 4 saturated carbocycles. The van der Waals surface area contributed by atoms with E-state index in [0.29, 0.717) is 47.7 Å². The van der Waals surface area contributed by atoms with Gasteiger partial charge >= 0.3 is 0 Å². The van der Waals surface area contributed by atoms with Crippen molar-refractivity contribution in [3.05, 3.63) is 11.0 Å². The second-order valence-corrected chi connectivity index (χ2v) is 8.60. The topological polar surface area (TPSA) is 69.9 Å². The van der Waals surface area contributed by atoms with Crippen LogP contribution in [0.2, 0.25) is 0 Å². The number of hydrogen-bond acceptors (Lipinski definition) is 5. The number of methoxy groups -OCH3 is 2. The lowest BCUT2D eigenvalue weighted by Gasteiger charge is -2.53. The first-order valence-electron chi connectivity index (χ1n) is 8.92. The molecule has 136 valence electrons. The number of carbonyl (C=O) groups is 2. The molecule has 1 amide bonds. The van der Waals surface area contributed by atoms with Gasteiger partial charge in [-0.3, -0.25) is 9.59 Å². The minimum Gasteiger partial charge on any atom is -0.486 e.